The van der Waals surface area contributed by atoms with Gasteiger partial charge in [-0.05, 0) is 31.4 Å². The van der Waals surface area contributed by atoms with Gasteiger partial charge in [0.15, 0.2) is 0 Å². The van der Waals surface area contributed by atoms with E-state index in [0.29, 0.717) is 13.0 Å². The summed E-state index contributed by atoms with van der Waals surface area (Å²) >= 11 is 0. The lowest BCUT2D eigenvalue weighted by Crippen LogP contribution is -2.27. The van der Waals surface area contributed by atoms with E-state index in [1.165, 1.54) is 0 Å². The Morgan fingerprint density at radius 2 is 2.21 bits per heavy atom. The van der Waals surface area contributed by atoms with Crippen molar-refractivity contribution in [2.24, 2.45) is 5.73 Å². The van der Waals surface area contributed by atoms with Crippen LogP contribution >= 0.6 is 0 Å². The highest BCUT2D eigenvalue weighted by Crippen LogP contribution is 2.20. The average molecular weight is 260 g/mol. The minimum absolute atomic E-state index is 0.0603. The highest BCUT2D eigenvalue weighted by Gasteiger charge is 2.06. The number of para-hydroxylation sites is 1. The summed E-state index contributed by atoms with van der Waals surface area (Å²) < 4.78 is 5.46. The molecule has 102 valence electrons. The van der Waals surface area contributed by atoms with Crippen molar-refractivity contribution in [3.05, 3.63) is 36.1 Å². The molecule has 4 heteroatoms. The first-order valence-corrected chi connectivity index (χ1v) is 6.64. The van der Waals surface area contributed by atoms with Crippen molar-refractivity contribution in [3.8, 4) is 0 Å². The molecule has 4 nitrogen and oxygen atoms in total. The number of rotatable bonds is 6. The first-order chi connectivity index (χ1) is 9.16. The van der Waals surface area contributed by atoms with Crippen LogP contribution in [-0.4, -0.2) is 18.5 Å². The molecule has 1 aromatic heterocycles. The van der Waals surface area contributed by atoms with Gasteiger partial charge >= 0.3 is 0 Å². The molecule has 2 rings (SSSR count). The van der Waals surface area contributed by atoms with Gasteiger partial charge in [0.2, 0.25) is 5.91 Å². The molecule has 2 aromatic rings. The molecule has 0 radical (unpaired) electrons. The summed E-state index contributed by atoms with van der Waals surface area (Å²) in [6.45, 7) is 2.53. The SMILES string of the molecule is CC(N)CCC(=O)NCCc1coc2ccccc12. The Balaban J connectivity index is 1.81. The van der Waals surface area contributed by atoms with Crippen molar-refractivity contribution in [2.45, 2.75) is 32.2 Å². The predicted molar refractivity (Wildman–Crippen MR) is 75.8 cm³/mol. The predicted octanol–water partition coefficient (Wildman–Crippen LogP) is 2.22. The van der Waals surface area contributed by atoms with Crippen LogP contribution in [0.1, 0.15) is 25.3 Å². The molecule has 3 N–H and O–H groups in total. The Labute approximate surface area is 113 Å². The van der Waals surface area contributed by atoms with Crippen molar-refractivity contribution in [1.82, 2.24) is 5.32 Å². The summed E-state index contributed by atoms with van der Waals surface area (Å²) in [5.41, 5.74) is 7.63. The average Bonchev–Trinajstić information content (AvgIpc) is 2.80. The molecule has 1 unspecified atom stereocenters. The largest absolute Gasteiger partial charge is 0.464 e. The molecule has 0 spiro atoms. The molecule has 19 heavy (non-hydrogen) atoms. The number of benzene rings is 1. The third-order valence-electron chi connectivity index (χ3n) is 3.10. The molecule has 0 fully saturated rings. The van der Waals surface area contributed by atoms with Gasteiger partial charge in [0.25, 0.3) is 0 Å². The molecule has 0 saturated carbocycles. The molecule has 1 atom stereocenters. The van der Waals surface area contributed by atoms with Gasteiger partial charge in [-0.1, -0.05) is 18.2 Å². The maximum Gasteiger partial charge on any atom is 0.220 e. The van der Waals surface area contributed by atoms with Crippen molar-refractivity contribution < 1.29 is 9.21 Å². The number of nitrogens with two attached hydrogens (primary N) is 1. The van der Waals surface area contributed by atoms with E-state index < -0.39 is 0 Å². The zero-order valence-electron chi connectivity index (χ0n) is 11.2. The molecular weight excluding hydrogens is 240 g/mol. The van der Waals surface area contributed by atoms with E-state index in [4.69, 9.17) is 10.2 Å². The lowest BCUT2D eigenvalue weighted by molar-refractivity contribution is -0.121. The zero-order valence-corrected chi connectivity index (χ0v) is 11.2. The van der Waals surface area contributed by atoms with Crippen molar-refractivity contribution in [2.75, 3.05) is 6.54 Å². The summed E-state index contributed by atoms with van der Waals surface area (Å²) in [4.78, 5) is 11.5. The van der Waals surface area contributed by atoms with E-state index >= 15 is 0 Å². The molecule has 1 aromatic carbocycles. The molecule has 1 amide bonds. The smallest absolute Gasteiger partial charge is 0.220 e. The van der Waals surface area contributed by atoms with Gasteiger partial charge in [0.05, 0.1) is 6.26 Å². The monoisotopic (exact) mass is 260 g/mol. The van der Waals surface area contributed by atoms with E-state index in [1.54, 1.807) is 6.26 Å². The normalized spacial score (nSPS) is 12.5. The van der Waals surface area contributed by atoms with Crippen LogP contribution in [0.3, 0.4) is 0 Å². The Morgan fingerprint density at radius 3 is 3.00 bits per heavy atom. The van der Waals surface area contributed by atoms with Crippen LogP contribution in [0.4, 0.5) is 0 Å². The second-order valence-corrected chi connectivity index (χ2v) is 4.87. The number of hydrogen-bond acceptors (Lipinski definition) is 3. The molecule has 0 saturated heterocycles. The number of carbonyl (C=O) groups is 1. The third kappa shape index (κ3) is 3.83. The van der Waals surface area contributed by atoms with Crippen LogP contribution in [0.2, 0.25) is 0 Å². The molecule has 0 aliphatic rings. The van der Waals surface area contributed by atoms with E-state index in [2.05, 4.69) is 5.32 Å². The molecule has 0 aliphatic carbocycles. The first kappa shape index (κ1) is 13.6. The highest BCUT2D eigenvalue weighted by atomic mass is 16.3. The van der Waals surface area contributed by atoms with Crippen molar-refractivity contribution in [3.63, 3.8) is 0 Å². The quantitative estimate of drug-likeness (QED) is 0.836. The summed E-state index contributed by atoms with van der Waals surface area (Å²) in [7, 11) is 0. The second-order valence-electron chi connectivity index (χ2n) is 4.87. The summed E-state index contributed by atoms with van der Waals surface area (Å²) in [5.74, 6) is 0.0603. The Hall–Kier alpha value is -1.81. The van der Waals surface area contributed by atoms with E-state index in [9.17, 15) is 4.79 Å². The topological polar surface area (TPSA) is 68.3 Å². The van der Waals surface area contributed by atoms with Gasteiger partial charge in [0.1, 0.15) is 5.58 Å². The van der Waals surface area contributed by atoms with Gasteiger partial charge in [-0.3, -0.25) is 4.79 Å². The van der Waals surface area contributed by atoms with Gasteiger partial charge in [-0.15, -0.1) is 0 Å². The van der Waals surface area contributed by atoms with Crippen LogP contribution in [0.15, 0.2) is 34.9 Å². The van der Waals surface area contributed by atoms with Crippen LogP contribution in [0.25, 0.3) is 11.0 Å². The van der Waals surface area contributed by atoms with E-state index in [1.807, 2.05) is 31.2 Å². The van der Waals surface area contributed by atoms with Crippen LogP contribution in [0.5, 0.6) is 0 Å². The molecule has 0 aliphatic heterocycles. The van der Waals surface area contributed by atoms with Gasteiger partial charge < -0.3 is 15.5 Å². The zero-order chi connectivity index (χ0) is 13.7. The number of nitrogens with one attached hydrogen (secondary N) is 1. The number of hydrogen-bond donors (Lipinski definition) is 2. The van der Waals surface area contributed by atoms with Crippen LogP contribution in [-0.2, 0) is 11.2 Å². The third-order valence-corrected chi connectivity index (χ3v) is 3.10. The lowest BCUT2D eigenvalue weighted by Gasteiger charge is -2.06. The van der Waals surface area contributed by atoms with E-state index in [0.717, 1.165) is 29.4 Å². The van der Waals surface area contributed by atoms with Gasteiger partial charge in [-0.25, -0.2) is 0 Å². The maximum atomic E-state index is 11.5. The fourth-order valence-electron chi connectivity index (χ4n) is 2.01. The fraction of sp³-hybridized carbons (Fsp3) is 0.400. The number of carbonyl (C=O) groups excluding carboxylic acids is 1. The maximum absolute atomic E-state index is 11.5. The standard InChI is InChI=1S/C15H20N2O2/c1-11(16)6-7-15(18)17-9-8-12-10-19-14-5-3-2-4-13(12)14/h2-5,10-11H,6-9,16H2,1H3,(H,17,18). The fourth-order valence-corrected chi connectivity index (χ4v) is 2.01. The molecular formula is C15H20N2O2. The lowest BCUT2D eigenvalue weighted by atomic mass is 10.1. The first-order valence-electron chi connectivity index (χ1n) is 6.64. The van der Waals surface area contributed by atoms with Crippen molar-refractivity contribution >= 4 is 16.9 Å². The van der Waals surface area contributed by atoms with Crippen molar-refractivity contribution in [1.29, 1.82) is 0 Å². The summed E-state index contributed by atoms with van der Waals surface area (Å²) in [5, 5.41) is 4.02. The van der Waals surface area contributed by atoms with Crippen LogP contribution < -0.4 is 11.1 Å². The number of fused-ring (bicyclic) bond motifs is 1. The molecule has 1 heterocycles. The Bertz CT molecular complexity index is 546. The summed E-state index contributed by atoms with van der Waals surface area (Å²) in [6, 6.07) is 7.99. The second kappa shape index (κ2) is 6.38. The number of amides is 1. The minimum atomic E-state index is 0.0603. The highest BCUT2D eigenvalue weighted by molar-refractivity contribution is 5.81. The number of furan rings is 1. The summed E-state index contributed by atoms with van der Waals surface area (Å²) in [6.07, 6.45) is 3.75. The van der Waals surface area contributed by atoms with Crippen LogP contribution in [0, 0.1) is 0 Å². The van der Waals surface area contributed by atoms with E-state index in [-0.39, 0.29) is 11.9 Å². The molecule has 0 bridgehead atoms. The van der Waals surface area contributed by atoms with Gasteiger partial charge in [0, 0.05) is 24.4 Å². The van der Waals surface area contributed by atoms with Gasteiger partial charge in [-0.2, -0.15) is 0 Å². The Morgan fingerprint density at radius 1 is 1.42 bits per heavy atom. The minimum Gasteiger partial charge on any atom is -0.464 e. The Kier molecular flexibility index (Phi) is 4.58.